The van der Waals surface area contributed by atoms with Crippen molar-refractivity contribution in [2.75, 3.05) is 39.8 Å². The van der Waals surface area contributed by atoms with Crippen LogP contribution in [0.2, 0.25) is 0 Å². The van der Waals surface area contributed by atoms with E-state index >= 15 is 0 Å². The van der Waals surface area contributed by atoms with Crippen molar-refractivity contribution in [1.82, 2.24) is 9.80 Å². The Balaban J connectivity index is 1.87. The molecule has 20 heavy (non-hydrogen) atoms. The summed E-state index contributed by atoms with van der Waals surface area (Å²) < 4.78 is 5.14. The van der Waals surface area contributed by atoms with Crippen molar-refractivity contribution in [3.8, 4) is 0 Å². The summed E-state index contributed by atoms with van der Waals surface area (Å²) in [6.45, 7) is 4.70. The Bertz CT molecular complexity index is 407. The van der Waals surface area contributed by atoms with Crippen LogP contribution in [-0.2, 0) is 16.1 Å². The molecule has 1 aromatic heterocycles. The molecule has 0 aliphatic carbocycles. The minimum atomic E-state index is -0.501. The molecule has 0 aromatic carbocycles. The van der Waals surface area contributed by atoms with Crippen molar-refractivity contribution >= 4 is 17.2 Å². The number of thiophene rings is 1. The molecule has 2 N–H and O–H groups in total. The molecule has 0 radical (unpaired) electrons. The smallest absolute Gasteiger partial charge is 0.253 e. The van der Waals surface area contributed by atoms with Crippen LogP contribution in [0.25, 0.3) is 0 Å². The van der Waals surface area contributed by atoms with Crippen molar-refractivity contribution in [1.29, 1.82) is 0 Å². The second kappa shape index (κ2) is 7.73. The first-order valence-electron chi connectivity index (χ1n) is 7.01. The Hall–Kier alpha value is -0.950. The molecular weight excluding hydrogens is 274 g/mol. The van der Waals surface area contributed by atoms with E-state index < -0.39 is 6.10 Å². The normalized spacial score (nSPS) is 18.8. The van der Waals surface area contributed by atoms with Crippen LogP contribution in [0.3, 0.4) is 0 Å². The molecular formula is C14H23N3O2S. The number of ether oxygens (including phenoxy) is 1. The summed E-state index contributed by atoms with van der Waals surface area (Å²) >= 11 is 1.78. The summed E-state index contributed by atoms with van der Waals surface area (Å²) in [5.41, 5.74) is 5.57. The molecule has 1 amide bonds. The van der Waals surface area contributed by atoms with Crippen LogP contribution in [0.15, 0.2) is 17.5 Å². The molecule has 112 valence electrons. The topological polar surface area (TPSA) is 58.8 Å². The number of hydrogen-bond acceptors (Lipinski definition) is 5. The van der Waals surface area contributed by atoms with Crippen LogP contribution in [0.5, 0.6) is 0 Å². The van der Waals surface area contributed by atoms with Gasteiger partial charge in [-0.25, -0.2) is 0 Å². The Morgan fingerprint density at radius 2 is 2.30 bits per heavy atom. The van der Waals surface area contributed by atoms with Crippen molar-refractivity contribution in [3.05, 3.63) is 22.4 Å². The zero-order valence-electron chi connectivity index (χ0n) is 12.0. The molecule has 0 saturated carbocycles. The van der Waals surface area contributed by atoms with Gasteiger partial charge in [0.25, 0.3) is 5.91 Å². The summed E-state index contributed by atoms with van der Waals surface area (Å²) in [4.78, 5) is 17.9. The zero-order chi connectivity index (χ0) is 14.4. The Morgan fingerprint density at radius 3 is 2.95 bits per heavy atom. The highest BCUT2D eigenvalue weighted by molar-refractivity contribution is 7.09. The van der Waals surface area contributed by atoms with Crippen LogP contribution in [-0.4, -0.2) is 61.6 Å². The Labute approximate surface area is 124 Å². The number of nitrogens with zero attached hydrogens (tertiary/aromatic N) is 2. The average Bonchev–Trinajstić information content (AvgIpc) is 2.85. The maximum Gasteiger partial charge on any atom is 0.253 e. The Kier molecular flexibility index (Phi) is 5.97. The third-order valence-electron chi connectivity index (χ3n) is 3.63. The fourth-order valence-corrected chi connectivity index (χ4v) is 3.22. The number of rotatable bonds is 5. The van der Waals surface area contributed by atoms with E-state index in [4.69, 9.17) is 10.5 Å². The fraction of sp³-hybridized carbons (Fsp3) is 0.643. The van der Waals surface area contributed by atoms with Gasteiger partial charge in [0.1, 0.15) is 6.10 Å². The van der Waals surface area contributed by atoms with E-state index in [2.05, 4.69) is 22.4 Å². The molecule has 6 heteroatoms. The second-order valence-electron chi connectivity index (χ2n) is 4.99. The molecule has 2 rings (SSSR count). The molecule has 1 aliphatic heterocycles. The van der Waals surface area contributed by atoms with Crippen LogP contribution >= 0.6 is 11.3 Å². The van der Waals surface area contributed by atoms with Gasteiger partial charge in [-0.05, 0) is 17.9 Å². The highest BCUT2D eigenvalue weighted by Crippen LogP contribution is 2.14. The third-order valence-corrected chi connectivity index (χ3v) is 4.49. The van der Waals surface area contributed by atoms with Crippen molar-refractivity contribution in [3.63, 3.8) is 0 Å². The van der Waals surface area contributed by atoms with Gasteiger partial charge in [-0.1, -0.05) is 6.07 Å². The number of methoxy groups -OCH3 is 1. The molecule has 1 atom stereocenters. The first kappa shape index (κ1) is 15.4. The third kappa shape index (κ3) is 4.02. The van der Waals surface area contributed by atoms with Crippen molar-refractivity contribution in [2.24, 2.45) is 5.73 Å². The fourth-order valence-electron chi connectivity index (χ4n) is 2.47. The molecule has 0 bridgehead atoms. The van der Waals surface area contributed by atoms with E-state index in [-0.39, 0.29) is 12.5 Å². The largest absolute Gasteiger partial charge is 0.370 e. The van der Waals surface area contributed by atoms with Crippen molar-refractivity contribution in [2.45, 2.75) is 19.1 Å². The standard InChI is InChI=1S/C14H23N3O2S/c1-19-13(10-15)14(18)17-6-3-5-16(7-8-17)11-12-4-2-9-20-12/h2,4,9,13H,3,5-8,10-11,15H2,1H3. The van der Waals surface area contributed by atoms with E-state index in [9.17, 15) is 4.79 Å². The molecule has 1 unspecified atom stereocenters. The van der Waals surface area contributed by atoms with Gasteiger partial charge in [0.15, 0.2) is 0 Å². The van der Waals surface area contributed by atoms with E-state index in [1.165, 1.54) is 12.0 Å². The zero-order valence-corrected chi connectivity index (χ0v) is 12.8. The van der Waals surface area contributed by atoms with Gasteiger partial charge >= 0.3 is 0 Å². The SMILES string of the molecule is COC(CN)C(=O)N1CCCN(Cc2cccs2)CC1. The van der Waals surface area contributed by atoms with E-state index in [0.717, 1.165) is 39.1 Å². The highest BCUT2D eigenvalue weighted by Gasteiger charge is 2.25. The molecule has 0 spiro atoms. The van der Waals surface area contributed by atoms with Crippen LogP contribution in [0.4, 0.5) is 0 Å². The van der Waals surface area contributed by atoms with E-state index in [1.807, 2.05) is 4.90 Å². The number of nitrogens with two attached hydrogens (primary N) is 1. The number of carbonyl (C=O) groups is 1. The number of hydrogen-bond donors (Lipinski definition) is 1. The molecule has 1 aromatic rings. The van der Waals surface area contributed by atoms with Gasteiger partial charge in [-0.3, -0.25) is 9.69 Å². The lowest BCUT2D eigenvalue weighted by molar-refractivity contribution is -0.141. The molecule has 5 nitrogen and oxygen atoms in total. The van der Waals surface area contributed by atoms with Crippen molar-refractivity contribution < 1.29 is 9.53 Å². The van der Waals surface area contributed by atoms with Gasteiger partial charge in [-0.15, -0.1) is 11.3 Å². The molecule has 2 heterocycles. The monoisotopic (exact) mass is 297 g/mol. The maximum atomic E-state index is 12.2. The van der Waals surface area contributed by atoms with Crippen LogP contribution < -0.4 is 5.73 Å². The van der Waals surface area contributed by atoms with Crippen LogP contribution in [0, 0.1) is 0 Å². The molecule has 1 saturated heterocycles. The first-order valence-corrected chi connectivity index (χ1v) is 7.89. The van der Waals surface area contributed by atoms with Gasteiger partial charge in [0, 0.05) is 51.3 Å². The van der Waals surface area contributed by atoms with E-state index in [1.54, 1.807) is 11.3 Å². The summed E-state index contributed by atoms with van der Waals surface area (Å²) in [6.07, 6.45) is 0.497. The second-order valence-corrected chi connectivity index (χ2v) is 6.03. The van der Waals surface area contributed by atoms with Gasteiger partial charge in [-0.2, -0.15) is 0 Å². The predicted molar refractivity (Wildman–Crippen MR) is 80.6 cm³/mol. The van der Waals surface area contributed by atoms with Crippen LogP contribution in [0.1, 0.15) is 11.3 Å². The van der Waals surface area contributed by atoms with E-state index in [0.29, 0.717) is 0 Å². The summed E-state index contributed by atoms with van der Waals surface area (Å²) in [6, 6.07) is 4.24. The van der Waals surface area contributed by atoms with Gasteiger partial charge in [0.2, 0.25) is 0 Å². The first-order chi connectivity index (χ1) is 9.74. The molecule has 1 aliphatic rings. The van der Waals surface area contributed by atoms with Gasteiger partial charge in [0.05, 0.1) is 0 Å². The minimum absolute atomic E-state index is 0.0213. The molecule has 1 fully saturated rings. The average molecular weight is 297 g/mol. The lowest BCUT2D eigenvalue weighted by Gasteiger charge is -2.25. The summed E-state index contributed by atoms with van der Waals surface area (Å²) in [5, 5.41) is 2.10. The predicted octanol–water partition coefficient (Wildman–Crippen LogP) is 0.756. The number of amides is 1. The Morgan fingerprint density at radius 1 is 1.45 bits per heavy atom. The highest BCUT2D eigenvalue weighted by atomic mass is 32.1. The summed E-state index contributed by atoms with van der Waals surface area (Å²) in [7, 11) is 1.54. The number of carbonyl (C=O) groups excluding carboxylic acids is 1. The van der Waals surface area contributed by atoms with Gasteiger partial charge < -0.3 is 15.4 Å². The summed E-state index contributed by atoms with van der Waals surface area (Å²) in [5.74, 6) is 0.0213. The lowest BCUT2D eigenvalue weighted by Crippen LogP contribution is -2.45. The maximum absolute atomic E-state index is 12.2. The lowest BCUT2D eigenvalue weighted by atomic mass is 10.3. The quantitative estimate of drug-likeness (QED) is 0.871. The minimum Gasteiger partial charge on any atom is -0.370 e.